The highest BCUT2D eigenvalue weighted by Gasteiger charge is 2.22. The summed E-state index contributed by atoms with van der Waals surface area (Å²) in [5.41, 5.74) is 3.31. The minimum atomic E-state index is 0.514. The van der Waals surface area contributed by atoms with Crippen molar-refractivity contribution in [3.05, 3.63) is 17.5 Å². The van der Waals surface area contributed by atoms with E-state index < -0.39 is 0 Å². The van der Waals surface area contributed by atoms with Crippen LogP contribution >= 0.6 is 0 Å². The second-order valence-corrected chi connectivity index (χ2v) is 4.54. The van der Waals surface area contributed by atoms with Gasteiger partial charge in [-0.25, -0.2) is 0 Å². The molecule has 66 valence electrons. The average molecular weight is 164 g/mol. The van der Waals surface area contributed by atoms with E-state index in [0.29, 0.717) is 5.41 Å². The van der Waals surface area contributed by atoms with Gasteiger partial charge in [-0.2, -0.15) is 5.10 Å². The second kappa shape index (κ2) is 2.61. The summed E-state index contributed by atoms with van der Waals surface area (Å²) in [7, 11) is 0. The van der Waals surface area contributed by atoms with Gasteiger partial charge in [-0.3, -0.25) is 5.10 Å². The number of rotatable bonds is 0. The van der Waals surface area contributed by atoms with E-state index >= 15 is 0 Å². The summed E-state index contributed by atoms with van der Waals surface area (Å²) < 4.78 is 0. The minimum Gasteiger partial charge on any atom is -0.282 e. The lowest BCUT2D eigenvalue weighted by atomic mass is 9.85. The van der Waals surface area contributed by atoms with Crippen LogP contribution in [0.4, 0.5) is 0 Å². The van der Waals surface area contributed by atoms with Gasteiger partial charge in [0.2, 0.25) is 0 Å². The number of nitrogens with one attached hydrogen (secondary N) is 1. The smallest absolute Gasteiger partial charge is 0.0522 e. The first-order valence-electron chi connectivity index (χ1n) is 4.68. The maximum absolute atomic E-state index is 4.07. The molecule has 0 aromatic carbocycles. The summed E-state index contributed by atoms with van der Waals surface area (Å²) in [6.07, 6.45) is 6.92. The Morgan fingerprint density at radius 1 is 1.33 bits per heavy atom. The van der Waals surface area contributed by atoms with Crippen molar-refractivity contribution < 1.29 is 0 Å². The normalized spacial score (nSPS) is 21.5. The van der Waals surface area contributed by atoms with Crippen LogP contribution in [0.5, 0.6) is 0 Å². The molecule has 0 bridgehead atoms. The maximum atomic E-state index is 4.07. The van der Waals surface area contributed by atoms with Crippen molar-refractivity contribution in [1.29, 1.82) is 0 Å². The van der Waals surface area contributed by atoms with Crippen LogP contribution in [0.3, 0.4) is 0 Å². The van der Waals surface area contributed by atoms with E-state index in [-0.39, 0.29) is 0 Å². The van der Waals surface area contributed by atoms with Gasteiger partial charge in [-0.05, 0) is 36.7 Å². The van der Waals surface area contributed by atoms with Crippen LogP contribution in [0.1, 0.15) is 37.9 Å². The molecule has 2 rings (SSSR count). The molecule has 1 aromatic heterocycles. The molecular formula is C10H16N2. The SMILES string of the molecule is CC1(C)CCc2cn[nH]c2CC1. The van der Waals surface area contributed by atoms with Gasteiger partial charge in [0.25, 0.3) is 0 Å². The monoisotopic (exact) mass is 164 g/mol. The van der Waals surface area contributed by atoms with E-state index in [4.69, 9.17) is 0 Å². The Morgan fingerprint density at radius 3 is 2.92 bits per heavy atom. The Morgan fingerprint density at radius 2 is 2.08 bits per heavy atom. The third-order valence-electron chi connectivity index (χ3n) is 2.93. The summed E-state index contributed by atoms with van der Waals surface area (Å²) in [5.74, 6) is 0. The first kappa shape index (κ1) is 7.84. The Hall–Kier alpha value is -0.790. The molecular weight excluding hydrogens is 148 g/mol. The maximum Gasteiger partial charge on any atom is 0.0522 e. The van der Waals surface area contributed by atoms with Crippen LogP contribution in [0.2, 0.25) is 0 Å². The van der Waals surface area contributed by atoms with E-state index in [2.05, 4.69) is 24.0 Å². The molecule has 0 unspecified atom stereocenters. The largest absolute Gasteiger partial charge is 0.282 e. The fourth-order valence-corrected chi connectivity index (χ4v) is 1.83. The highest BCUT2D eigenvalue weighted by molar-refractivity contribution is 5.18. The molecule has 0 saturated carbocycles. The minimum absolute atomic E-state index is 0.514. The molecule has 0 fully saturated rings. The van der Waals surface area contributed by atoms with E-state index in [0.717, 1.165) is 0 Å². The van der Waals surface area contributed by atoms with Crippen LogP contribution in [-0.2, 0) is 12.8 Å². The number of aryl methyl sites for hydroxylation is 2. The lowest BCUT2D eigenvalue weighted by Gasteiger charge is -2.21. The molecule has 2 nitrogen and oxygen atoms in total. The van der Waals surface area contributed by atoms with Crippen LogP contribution in [-0.4, -0.2) is 10.2 Å². The average Bonchev–Trinajstić information content (AvgIpc) is 2.40. The predicted molar refractivity (Wildman–Crippen MR) is 49.0 cm³/mol. The lowest BCUT2D eigenvalue weighted by Crippen LogP contribution is -2.10. The molecule has 2 heteroatoms. The quantitative estimate of drug-likeness (QED) is 0.586. The Bertz CT molecular complexity index is 249. The highest BCUT2D eigenvalue weighted by Crippen LogP contribution is 2.32. The highest BCUT2D eigenvalue weighted by atomic mass is 15.1. The zero-order valence-electron chi connectivity index (χ0n) is 7.85. The van der Waals surface area contributed by atoms with Gasteiger partial charge in [-0.15, -0.1) is 0 Å². The van der Waals surface area contributed by atoms with Gasteiger partial charge in [0.1, 0.15) is 0 Å². The molecule has 0 aliphatic heterocycles. The summed E-state index contributed by atoms with van der Waals surface area (Å²) in [5, 5.41) is 7.15. The van der Waals surface area contributed by atoms with Crippen molar-refractivity contribution in [2.75, 3.05) is 0 Å². The molecule has 1 aliphatic rings. The third-order valence-corrected chi connectivity index (χ3v) is 2.93. The van der Waals surface area contributed by atoms with Crippen molar-refractivity contribution in [3.63, 3.8) is 0 Å². The van der Waals surface area contributed by atoms with Crippen LogP contribution in [0, 0.1) is 5.41 Å². The zero-order chi connectivity index (χ0) is 8.60. The first-order chi connectivity index (χ1) is 5.67. The van der Waals surface area contributed by atoms with Crippen LogP contribution < -0.4 is 0 Å². The molecule has 12 heavy (non-hydrogen) atoms. The molecule has 1 N–H and O–H groups in total. The third kappa shape index (κ3) is 1.38. The van der Waals surface area contributed by atoms with Gasteiger partial charge >= 0.3 is 0 Å². The number of aromatic amines is 1. The van der Waals surface area contributed by atoms with E-state index in [9.17, 15) is 0 Å². The fourth-order valence-electron chi connectivity index (χ4n) is 1.83. The van der Waals surface area contributed by atoms with Crippen molar-refractivity contribution in [2.45, 2.75) is 39.5 Å². The molecule has 0 amide bonds. The lowest BCUT2D eigenvalue weighted by molar-refractivity contribution is 0.316. The predicted octanol–water partition coefficient (Wildman–Crippen LogP) is 2.31. The molecule has 1 heterocycles. The van der Waals surface area contributed by atoms with E-state index in [1.165, 1.54) is 36.9 Å². The van der Waals surface area contributed by atoms with Crippen LogP contribution in [0.15, 0.2) is 6.20 Å². The number of H-pyrrole nitrogens is 1. The van der Waals surface area contributed by atoms with Gasteiger partial charge in [0.15, 0.2) is 0 Å². The fraction of sp³-hybridized carbons (Fsp3) is 0.700. The molecule has 1 aliphatic carbocycles. The van der Waals surface area contributed by atoms with Gasteiger partial charge in [0.05, 0.1) is 6.20 Å². The van der Waals surface area contributed by atoms with Crippen molar-refractivity contribution in [1.82, 2.24) is 10.2 Å². The summed E-state index contributed by atoms with van der Waals surface area (Å²) >= 11 is 0. The van der Waals surface area contributed by atoms with E-state index in [1.807, 2.05) is 6.20 Å². The standard InChI is InChI=1S/C10H16N2/c1-10(2)5-3-8-7-11-12-9(8)4-6-10/h7H,3-6H2,1-2H3,(H,11,12). The Kier molecular flexibility index (Phi) is 1.71. The van der Waals surface area contributed by atoms with Gasteiger partial charge in [-0.1, -0.05) is 13.8 Å². The van der Waals surface area contributed by atoms with Crippen molar-refractivity contribution >= 4 is 0 Å². The number of hydrogen-bond donors (Lipinski definition) is 1. The van der Waals surface area contributed by atoms with Crippen molar-refractivity contribution in [3.8, 4) is 0 Å². The summed E-state index contributed by atoms with van der Waals surface area (Å²) in [4.78, 5) is 0. The van der Waals surface area contributed by atoms with E-state index in [1.54, 1.807) is 0 Å². The van der Waals surface area contributed by atoms with Gasteiger partial charge in [0, 0.05) is 5.69 Å². The molecule has 0 saturated heterocycles. The summed E-state index contributed by atoms with van der Waals surface area (Å²) in [6.45, 7) is 4.71. The molecule has 0 atom stereocenters. The molecule has 0 spiro atoms. The number of hydrogen-bond acceptors (Lipinski definition) is 1. The van der Waals surface area contributed by atoms with Gasteiger partial charge < -0.3 is 0 Å². The summed E-state index contributed by atoms with van der Waals surface area (Å²) in [6, 6.07) is 0. The van der Waals surface area contributed by atoms with Crippen molar-refractivity contribution in [2.24, 2.45) is 5.41 Å². The Labute approximate surface area is 73.4 Å². The zero-order valence-corrected chi connectivity index (χ0v) is 7.85. The number of fused-ring (bicyclic) bond motifs is 1. The number of aromatic nitrogens is 2. The number of nitrogens with zero attached hydrogens (tertiary/aromatic N) is 1. The van der Waals surface area contributed by atoms with Crippen LogP contribution in [0.25, 0.3) is 0 Å². The molecule has 0 radical (unpaired) electrons. The first-order valence-corrected chi connectivity index (χ1v) is 4.68. The topological polar surface area (TPSA) is 28.7 Å². The Balaban J connectivity index is 2.21. The molecule has 1 aromatic rings. The second-order valence-electron chi connectivity index (χ2n) is 4.54.